The van der Waals surface area contributed by atoms with E-state index in [-0.39, 0.29) is 29.7 Å². The molecule has 0 unspecified atom stereocenters. The fraction of sp³-hybridized carbons (Fsp3) is 0.129. The Morgan fingerprint density at radius 2 is 1.78 bits per heavy atom. The number of halogens is 3. The van der Waals surface area contributed by atoms with Crippen molar-refractivity contribution in [1.82, 2.24) is 15.3 Å². The Balaban J connectivity index is 1.56. The first-order valence-corrected chi connectivity index (χ1v) is 12.7. The van der Waals surface area contributed by atoms with Gasteiger partial charge in [-0.1, -0.05) is 6.07 Å². The van der Waals surface area contributed by atoms with Gasteiger partial charge in [0.15, 0.2) is 0 Å². The number of phenols is 1. The van der Waals surface area contributed by atoms with Crippen molar-refractivity contribution in [2.45, 2.75) is 25.8 Å². The van der Waals surface area contributed by atoms with E-state index in [1.165, 1.54) is 30.3 Å². The number of pyridine rings is 1. The summed E-state index contributed by atoms with van der Waals surface area (Å²) in [5.41, 5.74) is 8.67. The van der Waals surface area contributed by atoms with Crippen LogP contribution in [-0.2, 0) is 17.6 Å². The topological polar surface area (TPSA) is 121 Å². The molecule has 0 saturated heterocycles. The molecule has 0 saturated carbocycles. The lowest BCUT2D eigenvalue weighted by Gasteiger charge is -2.22. The molecule has 0 spiro atoms. The zero-order chi connectivity index (χ0) is 29.3. The van der Waals surface area contributed by atoms with Gasteiger partial charge in [0.25, 0.3) is 5.91 Å². The van der Waals surface area contributed by atoms with Gasteiger partial charge in [-0.25, -0.2) is 13.2 Å². The number of hydrogen-bond acceptors (Lipinski definition) is 4. The van der Waals surface area contributed by atoms with Crippen molar-refractivity contribution in [3.63, 3.8) is 0 Å². The number of aryl methyl sites for hydroxylation is 1. The maximum Gasteiger partial charge on any atom is 0.251 e. The van der Waals surface area contributed by atoms with E-state index < -0.39 is 35.3 Å². The van der Waals surface area contributed by atoms with Crippen molar-refractivity contribution in [3.05, 3.63) is 118 Å². The molecule has 41 heavy (non-hydrogen) atoms. The van der Waals surface area contributed by atoms with Crippen LogP contribution < -0.4 is 11.1 Å². The number of aromatic hydroxyl groups is 1. The molecule has 2 amide bonds. The normalized spacial score (nSPS) is 11.9. The summed E-state index contributed by atoms with van der Waals surface area (Å²) in [7, 11) is 0. The molecule has 7 nitrogen and oxygen atoms in total. The molecular formula is C31H25F3N4O3. The van der Waals surface area contributed by atoms with Crippen LogP contribution >= 0.6 is 0 Å². The van der Waals surface area contributed by atoms with Crippen LogP contribution in [0, 0.1) is 24.4 Å². The van der Waals surface area contributed by atoms with E-state index in [1.54, 1.807) is 37.5 Å². The summed E-state index contributed by atoms with van der Waals surface area (Å²) >= 11 is 0. The molecule has 0 aliphatic carbocycles. The first-order valence-electron chi connectivity index (χ1n) is 12.7. The number of aromatic nitrogens is 2. The molecule has 2 heterocycles. The number of aromatic amines is 1. The second-order valence-corrected chi connectivity index (χ2v) is 9.83. The summed E-state index contributed by atoms with van der Waals surface area (Å²) in [6.07, 6.45) is 3.15. The number of rotatable bonds is 8. The van der Waals surface area contributed by atoms with Gasteiger partial charge < -0.3 is 21.1 Å². The average molecular weight is 559 g/mol. The number of H-pyrrole nitrogens is 1. The zero-order valence-electron chi connectivity index (χ0n) is 21.8. The van der Waals surface area contributed by atoms with Gasteiger partial charge >= 0.3 is 0 Å². The van der Waals surface area contributed by atoms with Crippen LogP contribution in [0.3, 0.4) is 0 Å². The van der Waals surface area contributed by atoms with E-state index in [2.05, 4.69) is 15.3 Å². The number of carbonyl (C=O) groups excluding carboxylic acids is 2. The van der Waals surface area contributed by atoms with Gasteiger partial charge in [0.2, 0.25) is 5.91 Å². The second-order valence-electron chi connectivity index (χ2n) is 9.83. The van der Waals surface area contributed by atoms with Gasteiger partial charge in [-0.15, -0.1) is 0 Å². The molecule has 5 rings (SSSR count). The number of phenolic OH excluding ortho intramolecular Hbond substituents is 1. The third-order valence-corrected chi connectivity index (χ3v) is 6.73. The van der Waals surface area contributed by atoms with Crippen LogP contribution in [0.5, 0.6) is 5.75 Å². The molecule has 5 aromatic rings. The summed E-state index contributed by atoms with van der Waals surface area (Å²) in [6, 6.07) is 12.6. The number of nitrogens with two attached hydrogens (primary N) is 1. The Labute approximate surface area is 232 Å². The molecule has 0 radical (unpaired) electrons. The third-order valence-electron chi connectivity index (χ3n) is 6.73. The van der Waals surface area contributed by atoms with Gasteiger partial charge in [0, 0.05) is 34.9 Å². The number of primary amides is 1. The monoisotopic (exact) mass is 558 g/mol. The standard InChI is InChI=1S/C31H25F3N4O3/c1-16-6-24(18-2-4-26(34)25(10-18)31(35)41)30(37-14-16)28(9-17-7-20(32)12-21(33)8-17)38-29(40)11-19-15-36-27-5-3-22(39)13-23(19)27/h2-8,10,12-15,28,36,39H,9,11H2,1H3,(H2,35,41)(H,38,40)/t28-/m0/s1. The van der Waals surface area contributed by atoms with E-state index >= 15 is 0 Å². The van der Waals surface area contributed by atoms with Crippen LogP contribution in [0.25, 0.3) is 22.0 Å². The summed E-state index contributed by atoms with van der Waals surface area (Å²) in [4.78, 5) is 32.8. The minimum Gasteiger partial charge on any atom is -0.508 e. The van der Waals surface area contributed by atoms with Crippen LogP contribution in [0.1, 0.15) is 38.8 Å². The number of nitrogens with one attached hydrogen (secondary N) is 2. The molecule has 10 heteroatoms. The molecule has 208 valence electrons. The Morgan fingerprint density at radius 1 is 1.02 bits per heavy atom. The molecule has 0 aliphatic rings. The van der Waals surface area contributed by atoms with Gasteiger partial charge in [0.1, 0.15) is 23.2 Å². The van der Waals surface area contributed by atoms with Gasteiger partial charge in [-0.2, -0.15) is 0 Å². The van der Waals surface area contributed by atoms with Crippen molar-refractivity contribution in [2.24, 2.45) is 5.73 Å². The summed E-state index contributed by atoms with van der Waals surface area (Å²) in [5.74, 6) is -3.64. The summed E-state index contributed by atoms with van der Waals surface area (Å²) in [6.45, 7) is 1.79. The zero-order valence-corrected chi connectivity index (χ0v) is 21.8. The van der Waals surface area contributed by atoms with Gasteiger partial charge in [-0.05, 0) is 84.1 Å². The Hall–Kier alpha value is -5.12. The number of benzene rings is 3. The van der Waals surface area contributed by atoms with Crippen LogP contribution in [0.15, 0.2) is 73.1 Å². The van der Waals surface area contributed by atoms with Crippen molar-refractivity contribution in [3.8, 4) is 16.9 Å². The minimum absolute atomic E-state index is 0.0258. The lowest BCUT2D eigenvalue weighted by molar-refractivity contribution is -0.121. The molecule has 3 aromatic carbocycles. The predicted molar refractivity (Wildman–Crippen MR) is 147 cm³/mol. The van der Waals surface area contributed by atoms with Gasteiger partial charge in [0.05, 0.1) is 23.7 Å². The minimum atomic E-state index is -0.948. The van der Waals surface area contributed by atoms with E-state index in [1.807, 2.05) is 0 Å². The fourth-order valence-corrected chi connectivity index (χ4v) is 4.88. The molecule has 0 bridgehead atoms. The number of fused-ring (bicyclic) bond motifs is 1. The molecule has 0 fully saturated rings. The van der Waals surface area contributed by atoms with Crippen molar-refractivity contribution < 1.29 is 27.9 Å². The molecule has 2 aromatic heterocycles. The Bertz CT molecular complexity index is 1780. The SMILES string of the molecule is Cc1cnc([C@H](Cc2cc(F)cc(F)c2)NC(=O)Cc2c[nH]c3ccc(O)cc23)c(-c2ccc(F)c(C(N)=O)c2)c1. The van der Waals surface area contributed by atoms with E-state index in [9.17, 15) is 27.9 Å². The van der Waals surface area contributed by atoms with Crippen molar-refractivity contribution in [2.75, 3.05) is 0 Å². The number of nitrogens with zero attached hydrogens (tertiary/aromatic N) is 1. The largest absolute Gasteiger partial charge is 0.508 e. The van der Waals surface area contributed by atoms with E-state index in [0.29, 0.717) is 27.8 Å². The molecule has 0 aliphatic heterocycles. The fourth-order valence-electron chi connectivity index (χ4n) is 4.88. The highest BCUT2D eigenvalue weighted by atomic mass is 19.1. The van der Waals surface area contributed by atoms with Crippen LogP contribution in [0.4, 0.5) is 13.2 Å². The second kappa shape index (κ2) is 11.2. The number of hydrogen-bond donors (Lipinski definition) is 4. The van der Waals surface area contributed by atoms with Crippen LogP contribution in [-0.4, -0.2) is 26.9 Å². The highest BCUT2D eigenvalue weighted by Gasteiger charge is 2.23. The van der Waals surface area contributed by atoms with E-state index in [0.717, 1.165) is 23.2 Å². The quantitative estimate of drug-likeness (QED) is 0.204. The summed E-state index contributed by atoms with van der Waals surface area (Å²) < 4.78 is 42.4. The van der Waals surface area contributed by atoms with Gasteiger partial charge in [-0.3, -0.25) is 14.6 Å². The smallest absolute Gasteiger partial charge is 0.251 e. The first kappa shape index (κ1) is 27.4. The highest BCUT2D eigenvalue weighted by Crippen LogP contribution is 2.32. The molecule has 5 N–H and O–H groups in total. The average Bonchev–Trinajstić information content (AvgIpc) is 3.29. The first-order chi connectivity index (χ1) is 19.6. The molecular weight excluding hydrogens is 533 g/mol. The Morgan fingerprint density at radius 3 is 2.51 bits per heavy atom. The van der Waals surface area contributed by atoms with E-state index in [4.69, 9.17) is 5.73 Å². The number of carbonyl (C=O) groups is 2. The van der Waals surface area contributed by atoms with Crippen LogP contribution in [0.2, 0.25) is 0 Å². The maximum absolute atomic E-state index is 14.3. The molecule has 1 atom stereocenters. The summed E-state index contributed by atoms with van der Waals surface area (Å²) in [5, 5.41) is 13.5. The lowest BCUT2D eigenvalue weighted by Crippen LogP contribution is -2.32. The highest BCUT2D eigenvalue weighted by molar-refractivity contribution is 5.94. The lowest BCUT2D eigenvalue weighted by atomic mass is 9.93. The predicted octanol–water partition coefficient (Wildman–Crippen LogP) is 5.40. The third kappa shape index (κ3) is 6.06. The Kier molecular flexibility index (Phi) is 7.47. The van der Waals surface area contributed by atoms with Crippen molar-refractivity contribution in [1.29, 1.82) is 0 Å². The number of amides is 2. The van der Waals surface area contributed by atoms with Crippen molar-refractivity contribution >= 4 is 22.7 Å². The maximum atomic E-state index is 14.3.